The van der Waals surface area contributed by atoms with Gasteiger partial charge in [-0.2, -0.15) is 0 Å². The van der Waals surface area contributed by atoms with Crippen LogP contribution in [0.1, 0.15) is 36.2 Å². The Labute approximate surface area is 150 Å². The maximum atomic E-state index is 12.5. The molecule has 0 saturated carbocycles. The van der Waals surface area contributed by atoms with Crippen molar-refractivity contribution in [1.29, 1.82) is 0 Å². The highest BCUT2D eigenvalue weighted by Gasteiger charge is 2.13. The molecule has 2 aromatic rings. The third kappa shape index (κ3) is 5.78. The Hall–Kier alpha value is -2.56. The summed E-state index contributed by atoms with van der Waals surface area (Å²) >= 11 is 0. The SMILES string of the molecule is CCCN(C)C(=O)c1cc(C)cc(OCC(C)Nc2ccncc2)c1. The van der Waals surface area contributed by atoms with Gasteiger partial charge in [-0.25, -0.2) is 0 Å². The highest BCUT2D eigenvalue weighted by molar-refractivity contribution is 5.94. The molecule has 5 nitrogen and oxygen atoms in total. The average Bonchev–Trinajstić information content (AvgIpc) is 2.60. The smallest absolute Gasteiger partial charge is 0.253 e. The van der Waals surface area contributed by atoms with Crippen LogP contribution >= 0.6 is 0 Å². The molecule has 0 aliphatic rings. The lowest BCUT2D eigenvalue weighted by Crippen LogP contribution is -2.27. The number of aromatic nitrogens is 1. The molecule has 5 heteroatoms. The summed E-state index contributed by atoms with van der Waals surface area (Å²) in [5, 5.41) is 3.36. The van der Waals surface area contributed by atoms with Crippen LogP contribution in [0.15, 0.2) is 42.7 Å². The number of amides is 1. The molecule has 1 heterocycles. The topological polar surface area (TPSA) is 54.5 Å². The van der Waals surface area contributed by atoms with E-state index in [4.69, 9.17) is 4.74 Å². The van der Waals surface area contributed by atoms with Gasteiger partial charge in [0.1, 0.15) is 12.4 Å². The first-order valence-electron chi connectivity index (χ1n) is 8.66. The fraction of sp³-hybridized carbons (Fsp3) is 0.400. The van der Waals surface area contributed by atoms with E-state index in [9.17, 15) is 4.79 Å². The predicted molar refractivity (Wildman–Crippen MR) is 101 cm³/mol. The van der Waals surface area contributed by atoms with E-state index in [1.165, 1.54) is 0 Å². The molecule has 1 N–H and O–H groups in total. The van der Waals surface area contributed by atoms with Gasteiger partial charge in [-0.15, -0.1) is 0 Å². The second-order valence-electron chi connectivity index (χ2n) is 6.35. The van der Waals surface area contributed by atoms with Crippen molar-refractivity contribution in [2.24, 2.45) is 0 Å². The normalized spacial score (nSPS) is 11.7. The molecule has 0 fully saturated rings. The van der Waals surface area contributed by atoms with Gasteiger partial charge >= 0.3 is 0 Å². The molecule has 0 saturated heterocycles. The zero-order valence-electron chi connectivity index (χ0n) is 15.5. The molecule has 0 bridgehead atoms. The van der Waals surface area contributed by atoms with Gasteiger partial charge in [0.25, 0.3) is 5.91 Å². The van der Waals surface area contributed by atoms with E-state index >= 15 is 0 Å². The summed E-state index contributed by atoms with van der Waals surface area (Å²) in [7, 11) is 1.83. The van der Waals surface area contributed by atoms with Crippen LogP contribution in [0.4, 0.5) is 5.69 Å². The van der Waals surface area contributed by atoms with Gasteiger partial charge in [0.2, 0.25) is 0 Å². The number of nitrogens with zero attached hydrogens (tertiary/aromatic N) is 2. The Balaban J connectivity index is 1.98. The van der Waals surface area contributed by atoms with E-state index in [-0.39, 0.29) is 11.9 Å². The van der Waals surface area contributed by atoms with Gasteiger partial charge < -0.3 is 15.0 Å². The second-order valence-corrected chi connectivity index (χ2v) is 6.35. The molecule has 0 aliphatic heterocycles. The molecule has 1 aromatic heterocycles. The third-order valence-corrected chi connectivity index (χ3v) is 3.80. The van der Waals surface area contributed by atoms with Crippen LogP contribution in [0.25, 0.3) is 0 Å². The molecule has 2 rings (SSSR count). The number of nitrogens with one attached hydrogen (secondary N) is 1. The lowest BCUT2D eigenvalue weighted by atomic mass is 10.1. The number of ether oxygens (including phenoxy) is 1. The van der Waals surface area contributed by atoms with Gasteiger partial charge in [0.15, 0.2) is 0 Å². The van der Waals surface area contributed by atoms with E-state index < -0.39 is 0 Å². The van der Waals surface area contributed by atoms with Crippen molar-refractivity contribution < 1.29 is 9.53 Å². The second kappa shape index (κ2) is 9.06. The van der Waals surface area contributed by atoms with Crippen LogP contribution in [0.2, 0.25) is 0 Å². The largest absolute Gasteiger partial charge is 0.491 e. The molecule has 1 aromatic carbocycles. The van der Waals surface area contributed by atoms with Crippen LogP contribution in [0.3, 0.4) is 0 Å². The number of rotatable bonds is 8. The maximum Gasteiger partial charge on any atom is 0.253 e. The number of anilines is 1. The van der Waals surface area contributed by atoms with Crippen molar-refractivity contribution in [3.05, 3.63) is 53.9 Å². The molecule has 0 radical (unpaired) electrons. The minimum atomic E-state index is 0.0263. The first-order chi connectivity index (χ1) is 12.0. The summed E-state index contributed by atoms with van der Waals surface area (Å²) in [4.78, 5) is 18.2. The maximum absolute atomic E-state index is 12.5. The van der Waals surface area contributed by atoms with Gasteiger partial charge in [-0.3, -0.25) is 9.78 Å². The Morgan fingerprint density at radius 2 is 2.00 bits per heavy atom. The lowest BCUT2D eigenvalue weighted by Gasteiger charge is -2.19. The minimum Gasteiger partial charge on any atom is -0.491 e. The van der Waals surface area contributed by atoms with E-state index in [0.29, 0.717) is 12.2 Å². The Morgan fingerprint density at radius 1 is 1.28 bits per heavy atom. The van der Waals surface area contributed by atoms with Crippen LogP contribution in [-0.2, 0) is 0 Å². The van der Waals surface area contributed by atoms with Gasteiger partial charge in [-0.05, 0) is 56.2 Å². The molecular weight excluding hydrogens is 314 g/mol. The van der Waals surface area contributed by atoms with Crippen LogP contribution < -0.4 is 10.1 Å². The molecule has 1 unspecified atom stereocenters. The van der Waals surface area contributed by atoms with E-state index in [1.54, 1.807) is 17.3 Å². The van der Waals surface area contributed by atoms with E-state index in [2.05, 4.69) is 24.1 Å². The van der Waals surface area contributed by atoms with Crippen LogP contribution in [0, 0.1) is 6.92 Å². The first-order valence-corrected chi connectivity index (χ1v) is 8.66. The van der Waals surface area contributed by atoms with Crippen molar-refractivity contribution in [2.75, 3.05) is 25.5 Å². The third-order valence-electron chi connectivity index (χ3n) is 3.80. The number of carbonyl (C=O) groups is 1. The Morgan fingerprint density at radius 3 is 2.68 bits per heavy atom. The monoisotopic (exact) mass is 341 g/mol. The first kappa shape index (κ1) is 18.8. The van der Waals surface area contributed by atoms with Gasteiger partial charge in [0.05, 0.1) is 6.04 Å². The predicted octanol–water partition coefficient (Wildman–Crippen LogP) is 3.75. The van der Waals surface area contributed by atoms with Crippen LogP contribution in [-0.4, -0.2) is 42.0 Å². The standard InChI is InChI=1S/C20H27N3O2/c1-5-10-23(4)20(24)17-11-15(2)12-19(13-17)25-14-16(3)22-18-6-8-21-9-7-18/h6-9,11-13,16H,5,10,14H2,1-4H3,(H,21,22). The summed E-state index contributed by atoms with van der Waals surface area (Å²) in [6.07, 6.45) is 4.44. The summed E-state index contributed by atoms with van der Waals surface area (Å²) in [6, 6.07) is 9.65. The van der Waals surface area contributed by atoms with Crippen molar-refractivity contribution in [3.63, 3.8) is 0 Å². The number of aryl methyl sites for hydroxylation is 1. The number of benzene rings is 1. The molecule has 0 aliphatic carbocycles. The molecule has 1 amide bonds. The van der Waals surface area contributed by atoms with Crippen molar-refractivity contribution >= 4 is 11.6 Å². The fourth-order valence-corrected chi connectivity index (χ4v) is 2.61. The minimum absolute atomic E-state index is 0.0263. The zero-order valence-corrected chi connectivity index (χ0v) is 15.5. The van der Waals surface area contributed by atoms with Crippen molar-refractivity contribution in [3.8, 4) is 5.75 Å². The zero-order chi connectivity index (χ0) is 18.2. The highest BCUT2D eigenvalue weighted by Crippen LogP contribution is 2.19. The number of hydrogen-bond donors (Lipinski definition) is 1. The fourth-order valence-electron chi connectivity index (χ4n) is 2.61. The molecule has 25 heavy (non-hydrogen) atoms. The summed E-state index contributed by atoms with van der Waals surface area (Å²) in [6.45, 7) is 7.34. The number of pyridine rings is 1. The lowest BCUT2D eigenvalue weighted by molar-refractivity contribution is 0.0794. The van der Waals surface area contributed by atoms with Crippen molar-refractivity contribution in [2.45, 2.75) is 33.2 Å². The molecule has 0 spiro atoms. The Kier molecular flexibility index (Phi) is 6.81. The summed E-state index contributed by atoms with van der Waals surface area (Å²) in [5.41, 5.74) is 2.69. The molecular formula is C20H27N3O2. The number of carbonyl (C=O) groups excluding carboxylic acids is 1. The van der Waals surface area contributed by atoms with Gasteiger partial charge in [0, 0.05) is 37.2 Å². The molecule has 1 atom stereocenters. The van der Waals surface area contributed by atoms with E-state index in [0.717, 1.165) is 30.0 Å². The van der Waals surface area contributed by atoms with E-state index in [1.807, 2.05) is 44.3 Å². The number of hydrogen-bond acceptors (Lipinski definition) is 4. The average molecular weight is 341 g/mol. The van der Waals surface area contributed by atoms with Crippen molar-refractivity contribution in [1.82, 2.24) is 9.88 Å². The van der Waals surface area contributed by atoms with Crippen LogP contribution in [0.5, 0.6) is 5.75 Å². The van der Waals surface area contributed by atoms with Gasteiger partial charge in [-0.1, -0.05) is 6.92 Å². The summed E-state index contributed by atoms with van der Waals surface area (Å²) < 4.78 is 5.90. The molecule has 134 valence electrons. The summed E-state index contributed by atoms with van der Waals surface area (Å²) in [5.74, 6) is 0.745. The highest BCUT2D eigenvalue weighted by atomic mass is 16.5. The Bertz CT molecular complexity index is 689. The quantitative estimate of drug-likeness (QED) is 0.794.